The lowest BCUT2D eigenvalue weighted by Crippen LogP contribution is -2.52. The zero-order chi connectivity index (χ0) is 18.4. The Bertz CT molecular complexity index is 722. The van der Waals surface area contributed by atoms with Gasteiger partial charge in [-0.15, -0.1) is 24.0 Å². The summed E-state index contributed by atoms with van der Waals surface area (Å²) in [5, 5.41) is 7.56. The number of aromatic nitrogens is 2. The van der Waals surface area contributed by atoms with Crippen LogP contribution in [0, 0.1) is 13.8 Å². The first-order valence-electron chi connectivity index (χ1n) is 9.16. The molecule has 0 atom stereocenters. The van der Waals surface area contributed by atoms with E-state index >= 15 is 0 Å². The van der Waals surface area contributed by atoms with E-state index in [4.69, 9.17) is 4.52 Å². The number of pyridine rings is 1. The quantitative estimate of drug-likeness (QED) is 0.399. The summed E-state index contributed by atoms with van der Waals surface area (Å²) in [6, 6.07) is 6.20. The summed E-state index contributed by atoms with van der Waals surface area (Å²) in [5.41, 5.74) is 3.30. The van der Waals surface area contributed by atoms with Gasteiger partial charge in [-0.05, 0) is 31.9 Å². The summed E-state index contributed by atoms with van der Waals surface area (Å²) in [7, 11) is 1.85. The van der Waals surface area contributed by atoms with Gasteiger partial charge >= 0.3 is 0 Å². The van der Waals surface area contributed by atoms with Gasteiger partial charge in [0.15, 0.2) is 5.96 Å². The van der Waals surface area contributed by atoms with Crippen LogP contribution in [0.1, 0.15) is 22.7 Å². The third-order valence-electron chi connectivity index (χ3n) is 4.62. The number of piperazine rings is 1. The van der Waals surface area contributed by atoms with Crippen LogP contribution in [0.3, 0.4) is 0 Å². The Morgan fingerprint density at radius 2 is 2.00 bits per heavy atom. The van der Waals surface area contributed by atoms with Gasteiger partial charge in [-0.25, -0.2) is 0 Å². The van der Waals surface area contributed by atoms with Gasteiger partial charge in [0.05, 0.1) is 5.69 Å². The number of aryl methyl sites for hydroxylation is 2. The van der Waals surface area contributed by atoms with Crippen LogP contribution in [0.2, 0.25) is 0 Å². The molecule has 0 amide bonds. The Morgan fingerprint density at radius 1 is 1.22 bits per heavy atom. The van der Waals surface area contributed by atoms with Crippen LogP contribution < -0.4 is 5.32 Å². The number of hydrogen-bond acceptors (Lipinski definition) is 5. The summed E-state index contributed by atoms with van der Waals surface area (Å²) in [5.74, 6) is 1.84. The van der Waals surface area contributed by atoms with E-state index < -0.39 is 0 Å². The van der Waals surface area contributed by atoms with Crippen molar-refractivity contribution in [2.75, 3.05) is 39.8 Å². The van der Waals surface area contributed by atoms with Gasteiger partial charge in [-0.2, -0.15) is 0 Å². The second-order valence-corrected chi connectivity index (χ2v) is 6.72. The van der Waals surface area contributed by atoms with E-state index in [1.165, 1.54) is 5.56 Å². The van der Waals surface area contributed by atoms with Crippen LogP contribution in [0.25, 0.3) is 0 Å². The molecule has 0 unspecified atom stereocenters. The van der Waals surface area contributed by atoms with Gasteiger partial charge in [-0.1, -0.05) is 11.2 Å². The zero-order valence-corrected chi connectivity index (χ0v) is 18.6. The lowest BCUT2D eigenvalue weighted by Gasteiger charge is -2.36. The molecule has 0 aromatic carbocycles. The normalized spacial score (nSPS) is 15.5. The molecule has 8 heteroatoms. The highest BCUT2D eigenvalue weighted by Gasteiger charge is 2.20. The van der Waals surface area contributed by atoms with E-state index in [0.29, 0.717) is 0 Å². The molecule has 0 radical (unpaired) electrons. The third kappa shape index (κ3) is 6.46. The number of nitrogens with zero attached hydrogens (tertiary/aromatic N) is 5. The fourth-order valence-corrected chi connectivity index (χ4v) is 3.14. The molecule has 2 aromatic rings. The molecule has 27 heavy (non-hydrogen) atoms. The second-order valence-electron chi connectivity index (χ2n) is 6.72. The minimum absolute atomic E-state index is 0. The van der Waals surface area contributed by atoms with Crippen molar-refractivity contribution in [3.63, 3.8) is 0 Å². The predicted octanol–water partition coefficient (Wildman–Crippen LogP) is 2.24. The highest BCUT2D eigenvalue weighted by Crippen LogP contribution is 2.09. The van der Waals surface area contributed by atoms with Crippen LogP contribution in [0.5, 0.6) is 0 Å². The van der Waals surface area contributed by atoms with E-state index in [1.54, 1.807) is 0 Å². The lowest BCUT2D eigenvalue weighted by atomic mass is 10.2. The smallest absolute Gasteiger partial charge is 0.193 e. The van der Waals surface area contributed by atoms with Crippen molar-refractivity contribution < 1.29 is 4.52 Å². The minimum atomic E-state index is 0. The molecule has 148 valence electrons. The summed E-state index contributed by atoms with van der Waals surface area (Å²) < 4.78 is 5.15. The number of hydrogen-bond donors (Lipinski definition) is 1. The Hall–Kier alpha value is -1.68. The zero-order valence-electron chi connectivity index (χ0n) is 16.3. The molecular formula is C19H29IN6O. The standard InChI is InChI=1S/C19H28N6O.HI/c1-15-4-5-17(13-22-15)6-7-21-19(20-3)25-10-8-24(9-11-25)14-18-12-16(2)26-23-18;/h4-5,12-13H,6-11,14H2,1-3H3,(H,20,21);1H. The maximum Gasteiger partial charge on any atom is 0.193 e. The highest BCUT2D eigenvalue weighted by molar-refractivity contribution is 14.0. The first-order valence-corrected chi connectivity index (χ1v) is 9.16. The van der Waals surface area contributed by atoms with Crippen molar-refractivity contribution in [3.8, 4) is 0 Å². The molecule has 1 aliphatic heterocycles. The average Bonchev–Trinajstić information content (AvgIpc) is 3.06. The summed E-state index contributed by atoms with van der Waals surface area (Å²) >= 11 is 0. The van der Waals surface area contributed by atoms with Crippen LogP contribution >= 0.6 is 24.0 Å². The first-order chi connectivity index (χ1) is 12.6. The molecular weight excluding hydrogens is 455 g/mol. The van der Waals surface area contributed by atoms with Crippen molar-refractivity contribution in [3.05, 3.63) is 47.1 Å². The van der Waals surface area contributed by atoms with E-state index in [9.17, 15) is 0 Å². The molecule has 3 heterocycles. The Balaban J connectivity index is 0.00000261. The molecule has 0 aliphatic carbocycles. The summed E-state index contributed by atoms with van der Waals surface area (Å²) in [4.78, 5) is 13.5. The molecule has 0 saturated carbocycles. The summed E-state index contributed by atoms with van der Waals surface area (Å²) in [6.45, 7) is 9.55. The van der Waals surface area contributed by atoms with Crippen molar-refractivity contribution in [1.82, 2.24) is 25.3 Å². The number of nitrogens with one attached hydrogen (secondary N) is 1. The molecule has 1 aliphatic rings. The molecule has 1 N–H and O–H groups in total. The van der Waals surface area contributed by atoms with Gasteiger partial charge in [0.2, 0.25) is 0 Å². The average molecular weight is 484 g/mol. The van der Waals surface area contributed by atoms with E-state index in [2.05, 4.69) is 42.4 Å². The third-order valence-corrected chi connectivity index (χ3v) is 4.62. The minimum Gasteiger partial charge on any atom is -0.361 e. The first kappa shape index (κ1) is 21.6. The summed E-state index contributed by atoms with van der Waals surface area (Å²) in [6.07, 6.45) is 2.89. The number of halogens is 1. The largest absolute Gasteiger partial charge is 0.361 e. The van der Waals surface area contributed by atoms with Crippen molar-refractivity contribution in [2.24, 2.45) is 4.99 Å². The van der Waals surface area contributed by atoms with E-state index in [-0.39, 0.29) is 24.0 Å². The molecule has 2 aromatic heterocycles. The lowest BCUT2D eigenvalue weighted by molar-refractivity contribution is 0.169. The molecule has 3 rings (SSSR count). The fraction of sp³-hybridized carbons (Fsp3) is 0.526. The molecule has 7 nitrogen and oxygen atoms in total. The molecule has 1 saturated heterocycles. The Labute approximate surface area is 178 Å². The molecule has 1 fully saturated rings. The van der Waals surface area contributed by atoms with Gasteiger partial charge in [0.1, 0.15) is 5.76 Å². The van der Waals surface area contributed by atoms with Crippen molar-refractivity contribution >= 4 is 29.9 Å². The maximum atomic E-state index is 5.15. The second kappa shape index (κ2) is 10.6. The van der Waals surface area contributed by atoms with Crippen LogP contribution in [0.15, 0.2) is 33.9 Å². The van der Waals surface area contributed by atoms with Gasteiger partial charge in [-0.3, -0.25) is 14.9 Å². The topological polar surface area (TPSA) is 69.8 Å². The maximum absolute atomic E-state index is 5.15. The van der Waals surface area contributed by atoms with E-state index in [1.807, 2.05) is 33.2 Å². The number of aliphatic imine (C=N–C) groups is 1. The van der Waals surface area contributed by atoms with Gasteiger partial charge in [0.25, 0.3) is 0 Å². The Kier molecular flexibility index (Phi) is 8.49. The molecule has 0 spiro atoms. The monoisotopic (exact) mass is 484 g/mol. The predicted molar refractivity (Wildman–Crippen MR) is 118 cm³/mol. The van der Waals surface area contributed by atoms with Gasteiger partial charge in [0, 0.05) is 64.3 Å². The van der Waals surface area contributed by atoms with Gasteiger partial charge < -0.3 is 14.7 Å². The fourth-order valence-electron chi connectivity index (χ4n) is 3.14. The Morgan fingerprint density at radius 3 is 2.59 bits per heavy atom. The number of rotatable bonds is 5. The molecule has 0 bridgehead atoms. The van der Waals surface area contributed by atoms with Crippen LogP contribution in [0.4, 0.5) is 0 Å². The van der Waals surface area contributed by atoms with Crippen molar-refractivity contribution in [1.29, 1.82) is 0 Å². The van der Waals surface area contributed by atoms with Crippen LogP contribution in [-0.4, -0.2) is 65.7 Å². The van der Waals surface area contributed by atoms with Crippen molar-refractivity contribution in [2.45, 2.75) is 26.8 Å². The SMILES string of the molecule is CN=C(NCCc1ccc(C)nc1)N1CCN(Cc2cc(C)on2)CC1.I. The highest BCUT2D eigenvalue weighted by atomic mass is 127. The van der Waals surface area contributed by atoms with E-state index in [0.717, 1.165) is 68.8 Å². The van der Waals surface area contributed by atoms with Crippen LogP contribution in [-0.2, 0) is 13.0 Å². The number of guanidine groups is 1.